The van der Waals surface area contributed by atoms with Crippen molar-refractivity contribution in [1.82, 2.24) is 0 Å². The van der Waals surface area contributed by atoms with E-state index in [0.29, 0.717) is 10.6 Å². The number of benzene rings is 1. The van der Waals surface area contributed by atoms with Crippen LogP contribution in [0.3, 0.4) is 0 Å². The molecule has 1 rings (SSSR count). The molecule has 0 amide bonds. The zero-order valence-corrected chi connectivity index (χ0v) is 6.90. The molecule has 58 valence electrons. The average Bonchev–Trinajstić information content (AvgIpc) is 2.05. The van der Waals surface area contributed by atoms with Gasteiger partial charge in [-0.1, -0.05) is 29.8 Å². The van der Waals surface area contributed by atoms with Crippen molar-refractivity contribution in [3.63, 3.8) is 0 Å². The Bertz CT molecular complexity index is 261. The van der Waals surface area contributed by atoms with Crippen LogP contribution in [0.1, 0.15) is 12.5 Å². The van der Waals surface area contributed by atoms with Crippen LogP contribution in [0.25, 0.3) is 5.83 Å². The molecular formula is C9H8ClF. The van der Waals surface area contributed by atoms with Gasteiger partial charge in [-0.2, -0.15) is 0 Å². The van der Waals surface area contributed by atoms with Gasteiger partial charge in [-0.05, 0) is 19.1 Å². The fraction of sp³-hybridized carbons (Fsp3) is 0.111. The quantitative estimate of drug-likeness (QED) is 0.603. The summed E-state index contributed by atoms with van der Waals surface area (Å²) in [4.78, 5) is 0. The number of hydrogen-bond acceptors (Lipinski definition) is 0. The van der Waals surface area contributed by atoms with Crippen molar-refractivity contribution < 1.29 is 4.39 Å². The van der Waals surface area contributed by atoms with E-state index in [9.17, 15) is 4.39 Å². The molecule has 0 radical (unpaired) electrons. The molecule has 2 heteroatoms. The van der Waals surface area contributed by atoms with E-state index in [1.54, 1.807) is 31.2 Å². The Morgan fingerprint density at radius 1 is 1.36 bits per heavy atom. The molecule has 0 nitrogen and oxygen atoms in total. The van der Waals surface area contributed by atoms with Crippen LogP contribution in [0.15, 0.2) is 30.3 Å². The first-order valence-corrected chi connectivity index (χ1v) is 3.69. The predicted octanol–water partition coefficient (Wildman–Crippen LogP) is 3.67. The van der Waals surface area contributed by atoms with Crippen LogP contribution >= 0.6 is 11.6 Å². The van der Waals surface area contributed by atoms with Crippen molar-refractivity contribution in [2.24, 2.45) is 0 Å². The second-order valence-corrected chi connectivity index (χ2v) is 2.58. The molecule has 0 saturated carbocycles. The predicted molar refractivity (Wildman–Crippen MR) is 46.2 cm³/mol. The van der Waals surface area contributed by atoms with E-state index in [1.807, 2.05) is 0 Å². The number of hydrogen-bond donors (Lipinski definition) is 0. The van der Waals surface area contributed by atoms with E-state index >= 15 is 0 Å². The minimum atomic E-state index is -0.221. The van der Waals surface area contributed by atoms with Crippen molar-refractivity contribution >= 4 is 17.4 Å². The molecule has 0 spiro atoms. The van der Waals surface area contributed by atoms with Gasteiger partial charge in [0.2, 0.25) is 0 Å². The highest BCUT2D eigenvalue weighted by molar-refractivity contribution is 6.30. The van der Waals surface area contributed by atoms with Crippen LogP contribution in [0.2, 0.25) is 5.02 Å². The lowest BCUT2D eigenvalue weighted by atomic mass is 10.2. The largest absolute Gasteiger partial charge is 0.207 e. The van der Waals surface area contributed by atoms with Crippen LogP contribution in [0, 0.1) is 0 Å². The summed E-state index contributed by atoms with van der Waals surface area (Å²) in [6.07, 6.45) is 1.42. The number of allylic oxidation sites excluding steroid dienone is 1. The first-order valence-electron chi connectivity index (χ1n) is 3.32. The van der Waals surface area contributed by atoms with Gasteiger partial charge in [0.25, 0.3) is 0 Å². The molecule has 0 heterocycles. The Balaban J connectivity index is 2.99. The molecule has 1 aromatic rings. The van der Waals surface area contributed by atoms with Gasteiger partial charge < -0.3 is 0 Å². The van der Waals surface area contributed by atoms with E-state index in [2.05, 4.69) is 0 Å². The lowest BCUT2D eigenvalue weighted by Crippen LogP contribution is -1.75. The van der Waals surface area contributed by atoms with E-state index < -0.39 is 0 Å². The summed E-state index contributed by atoms with van der Waals surface area (Å²) in [6, 6.07) is 6.63. The van der Waals surface area contributed by atoms with Gasteiger partial charge in [0.15, 0.2) is 0 Å². The van der Waals surface area contributed by atoms with Crippen LogP contribution in [-0.4, -0.2) is 0 Å². The summed E-state index contributed by atoms with van der Waals surface area (Å²) < 4.78 is 12.8. The molecule has 0 atom stereocenters. The molecule has 0 aromatic heterocycles. The van der Waals surface area contributed by atoms with E-state index in [1.165, 1.54) is 6.08 Å². The molecule has 0 aliphatic rings. The zero-order chi connectivity index (χ0) is 8.27. The Labute approximate surface area is 70.3 Å². The molecule has 0 fully saturated rings. The lowest BCUT2D eigenvalue weighted by Gasteiger charge is -1.95. The zero-order valence-electron chi connectivity index (χ0n) is 6.14. The molecule has 0 saturated heterocycles. The van der Waals surface area contributed by atoms with E-state index in [-0.39, 0.29) is 5.83 Å². The second-order valence-electron chi connectivity index (χ2n) is 2.14. The molecule has 11 heavy (non-hydrogen) atoms. The lowest BCUT2D eigenvalue weighted by molar-refractivity contribution is 0.758. The monoisotopic (exact) mass is 170 g/mol. The van der Waals surface area contributed by atoms with Crippen LogP contribution < -0.4 is 0 Å². The van der Waals surface area contributed by atoms with Gasteiger partial charge in [0.05, 0.1) is 0 Å². The Morgan fingerprint density at radius 3 is 2.36 bits per heavy atom. The molecule has 0 aliphatic carbocycles. The summed E-state index contributed by atoms with van der Waals surface area (Å²) in [6.45, 7) is 1.66. The van der Waals surface area contributed by atoms with Gasteiger partial charge in [-0.3, -0.25) is 0 Å². The Hall–Kier alpha value is -0.820. The fourth-order valence-electron chi connectivity index (χ4n) is 0.776. The molecule has 0 bridgehead atoms. The third kappa shape index (κ3) is 2.05. The number of halogens is 2. The highest BCUT2D eigenvalue weighted by Gasteiger charge is 1.96. The molecule has 0 N–H and O–H groups in total. The maximum atomic E-state index is 12.8. The van der Waals surface area contributed by atoms with Gasteiger partial charge >= 0.3 is 0 Å². The third-order valence-electron chi connectivity index (χ3n) is 1.37. The smallest absolute Gasteiger partial charge is 0.126 e. The third-order valence-corrected chi connectivity index (χ3v) is 1.63. The molecular weight excluding hydrogens is 163 g/mol. The summed E-state index contributed by atoms with van der Waals surface area (Å²) in [5, 5.41) is 0.623. The van der Waals surface area contributed by atoms with Crippen LogP contribution in [0.5, 0.6) is 0 Å². The van der Waals surface area contributed by atoms with Crippen LogP contribution in [0.4, 0.5) is 4.39 Å². The summed E-state index contributed by atoms with van der Waals surface area (Å²) in [5.74, 6) is -0.221. The molecule has 0 unspecified atom stereocenters. The minimum absolute atomic E-state index is 0.221. The maximum absolute atomic E-state index is 12.8. The highest BCUT2D eigenvalue weighted by Crippen LogP contribution is 2.17. The Kier molecular flexibility index (Phi) is 2.66. The summed E-state index contributed by atoms with van der Waals surface area (Å²) >= 11 is 5.62. The highest BCUT2D eigenvalue weighted by atomic mass is 35.5. The van der Waals surface area contributed by atoms with Gasteiger partial charge in [-0.15, -0.1) is 0 Å². The summed E-state index contributed by atoms with van der Waals surface area (Å²) in [5.41, 5.74) is 0.567. The van der Waals surface area contributed by atoms with E-state index in [0.717, 1.165) is 0 Å². The maximum Gasteiger partial charge on any atom is 0.126 e. The van der Waals surface area contributed by atoms with Crippen molar-refractivity contribution in [2.45, 2.75) is 6.92 Å². The van der Waals surface area contributed by atoms with Crippen molar-refractivity contribution in [3.05, 3.63) is 40.9 Å². The standard InChI is InChI=1S/C9H8ClF/c1-2-9(11)7-3-5-8(10)6-4-7/h2-6H,1H3/b9-2-. The summed E-state index contributed by atoms with van der Waals surface area (Å²) in [7, 11) is 0. The van der Waals surface area contributed by atoms with Crippen molar-refractivity contribution in [2.75, 3.05) is 0 Å². The second kappa shape index (κ2) is 3.54. The first-order chi connectivity index (χ1) is 5.24. The van der Waals surface area contributed by atoms with Crippen molar-refractivity contribution in [3.8, 4) is 0 Å². The van der Waals surface area contributed by atoms with Gasteiger partial charge in [0, 0.05) is 10.6 Å². The number of rotatable bonds is 1. The Morgan fingerprint density at radius 2 is 1.91 bits per heavy atom. The average molecular weight is 171 g/mol. The van der Waals surface area contributed by atoms with E-state index in [4.69, 9.17) is 11.6 Å². The van der Waals surface area contributed by atoms with Crippen molar-refractivity contribution in [1.29, 1.82) is 0 Å². The molecule has 0 aliphatic heterocycles. The topological polar surface area (TPSA) is 0 Å². The van der Waals surface area contributed by atoms with Crippen LogP contribution in [-0.2, 0) is 0 Å². The molecule has 1 aromatic carbocycles. The normalized spacial score (nSPS) is 11.7. The van der Waals surface area contributed by atoms with Gasteiger partial charge in [0.1, 0.15) is 5.83 Å². The fourth-order valence-corrected chi connectivity index (χ4v) is 0.902. The minimum Gasteiger partial charge on any atom is -0.207 e. The first kappa shape index (κ1) is 8.28. The SMILES string of the molecule is C/C=C(\F)c1ccc(Cl)cc1. The van der Waals surface area contributed by atoms with Gasteiger partial charge in [-0.25, -0.2) is 4.39 Å².